The maximum absolute atomic E-state index is 12.0. The molecule has 1 amide bonds. The van der Waals surface area contributed by atoms with Gasteiger partial charge in [0.15, 0.2) is 0 Å². The first-order valence-corrected chi connectivity index (χ1v) is 6.33. The average Bonchev–Trinajstić information content (AvgIpc) is 2.38. The Morgan fingerprint density at radius 1 is 1.26 bits per heavy atom. The van der Waals surface area contributed by atoms with Gasteiger partial charge in [0.05, 0.1) is 11.6 Å². The van der Waals surface area contributed by atoms with Crippen LogP contribution in [0.1, 0.15) is 10.4 Å². The number of anilines is 1. The summed E-state index contributed by atoms with van der Waals surface area (Å²) in [5.74, 6) is 0.511. The zero-order valence-corrected chi connectivity index (χ0v) is 11.8. The van der Waals surface area contributed by atoms with E-state index in [9.17, 15) is 9.90 Å². The first-order valence-electron chi connectivity index (χ1n) is 5.54. The number of phenolic OH excluding ortho intramolecular Hbond substituents is 1. The van der Waals surface area contributed by atoms with Crippen molar-refractivity contribution in [1.82, 2.24) is 0 Å². The molecule has 19 heavy (non-hydrogen) atoms. The van der Waals surface area contributed by atoms with Crippen LogP contribution in [0.2, 0.25) is 0 Å². The monoisotopic (exact) mass is 321 g/mol. The van der Waals surface area contributed by atoms with Gasteiger partial charge in [0, 0.05) is 17.3 Å². The molecule has 0 heterocycles. The number of amides is 1. The van der Waals surface area contributed by atoms with Gasteiger partial charge in [-0.3, -0.25) is 4.79 Å². The maximum atomic E-state index is 12.0. The summed E-state index contributed by atoms with van der Waals surface area (Å²) in [7, 11) is 1.56. The molecule has 2 aromatic rings. The molecule has 0 radical (unpaired) electrons. The highest BCUT2D eigenvalue weighted by Crippen LogP contribution is 2.26. The molecule has 0 aliphatic heterocycles. The Morgan fingerprint density at radius 2 is 2.05 bits per heavy atom. The summed E-state index contributed by atoms with van der Waals surface area (Å²) in [5.41, 5.74) is 1.04. The van der Waals surface area contributed by atoms with Gasteiger partial charge in [-0.1, -0.05) is 6.07 Å². The number of methoxy groups -OCH3 is 1. The molecule has 0 unspecified atom stereocenters. The number of benzene rings is 2. The summed E-state index contributed by atoms with van der Waals surface area (Å²) < 4.78 is 5.81. The molecule has 0 spiro atoms. The first-order chi connectivity index (χ1) is 9.10. The van der Waals surface area contributed by atoms with Crippen molar-refractivity contribution < 1.29 is 14.6 Å². The van der Waals surface area contributed by atoms with Crippen molar-refractivity contribution >= 4 is 27.5 Å². The lowest BCUT2D eigenvalue weighted by atomic mass is 10.2. The SMILES string of the molecule is COc1ccc(C(=O)Nc2cccc(O)c2)cc1Br. The second kappa shape index (κ2) is 5.75. The molecule has 2 rings (SSSR count). The van der Waals surface area contributed by atoms with Crippen LogP contribution in [0.25, 0.3) is 0 Å². The fourth-order valence-electron chi connectivity index (χ4n) is 1.59. The third-order valence-corrected chi connectivity index (χ3v) is 3.14. The van der Waals surface area contributed by atoms with E-state index in [1.165, 1.54) is 6.07 Å². The van der Waals surface area contributed by atoms with Crippen molar-refractivity contribution in [2.24, 2.45) is 0 Å². The third kappa shape index (κ3) is 3.26. The summed E-state index contributed by atoms with van der Waals surface area (Å²) in [6, 6.07) is 11.4. The van der Waals surface area contributed by atoms with E-state index in [4.69, 9.17) is 4.74 Å². The Bertz CT molecular complexity index is 613. The second-order valence-corrected chi connectivity index (χ2v) is 4.71. The number of carbonyl (C=O) groups excluding carboxylic acids is 1. The minimum Gasteiger partial charge on any atom is -0.508 e. The molecule has 0 aromatic heterocycles. The highest BCUT2D eigenvalue weighted by Gasteiger charge is 2.09. The van der Waals surface area contributed by atoms with Gasteiger partial charge in [0.25, 0.3) is 5.91 Å². The highest BCUT2D eigenvalue weighted by molar-refractivity contribution is 9.10. The van der Waals surface area contributed by atoms with Crippen LogP contribution >= 0.6 is 15.9 Å². The number of aromatic hydroxyl groups is 1. The molecule has 5 heteroatoms. The smallest absolute Gasteiger partial charge is 0.255 e. The number of rotatable bonds is 3. The van der Waals surface area contributed by atoms with Crippen LogP contribution in [0, 0.1) is 0 Å². The number of halogens is 1. The molecule has 2 aromatic carbocycles. The highest BCUT2D eigenvalue weighted by atomic mass is 79.9. The van der Waals surface area contributed by atoms with Crippen LogP contribution in [0.3, 0.4) is 0 Å². The maximum Gasteiger partial charge on any atom is 0.255 e. The number of nitrogens with one attached hydrogen (secondary N) is 1. The van der Waals surface area contributed by atoms with Gasteiger partial charge in [0.1, 0.15) is 11.5 Å². The quantitative estimate of drug-likeness (QED) is 0.910. The molecule has 2 N–H and O–H groups in total. The molecular weight excluding hydrogens is 310 g/mol. The van der Waals surface area contributed by atoms with Crippen LogP contribution in [0.15, 0.2) is 46.9 Å². The zero-order chi connectivity index (χ0) is 13.8. The second-order valence-electron chi connectivity index (χ2n) is 3.85. The Balaban J connectivity index is 2.18. The number of phenols is 1. The van der Waals surface area contributed by atoms with E-state index >= 15 is 0 Å². The molecule has 0 aliphatic carbocycles. The van der Waals surface area contributed by atoms with E-state index in [-0.39, 0.29) is 11.7 Å². The zero-order valence-electron chi connectivity index (χ0n) is 10.2. The molecule has 0 bridgehead atoms. The fraction of sp³-hybridized carbons (Fsp3) is 0.0714. The van der Waals surface area contributed by atoms with Crippen LogP contribution in [0.4, 0.5) is 5.69 Å². The van der Waals surface area contributed by atoms with Gasteiger partial charge in [-0.05, 0) is 46.3 Å². The largest absolute Gasteiger partial charge is 0.508 e. The van der Waals surface area contributed by atoms with Gasteiger partial charge in [-0.25, -0.2) is 0 Å². The third-order valence-electron chi connectivity index (χ3n) is 2.52. The van der Waals surface area contributed by atoms with Crippen LogP contribution in [0.5, 0.6) is 11.5 Å². The van der Waals surface area contributed by atoms with Crippen LogP contribution in [-0.2, 0) is 0 Å². The number of carbonyl (C=O) groups is 1. The van der Waals surface area contributed by atoms with Gasteiger partial charge >= 0.3 is 0 Å². The minimum absolute atomic E-state index is 0.105. The molecule has 98 valence electrons. The van der Waals surface area contributed by atoms with Crippen molar-refractivity contribution in [2.75, 3.05) is 12.4 Å². The summed E-state index contributed by atoms with van der Waals surface area (Å²) in [5, 5.41) is 12.0. The summed E-state index contributed by atoms with van der Waals surface area (Å²) in [6.07, 6.45) is 0. The van der Waals surface area contributed by atoms with Gasteiger partial charge in [-0.15, -0.1) is 0 Å². The Labute approximate surface area is 119 Å². The minimum atomic E-state index is -0.256. The molecule has 0 fully saturated rings. The van der Waals surface area contributed by atoms with Crippen LogP contribution in [-0.4, -0.2) is 18.1 Å². The number of hydrogen-bond acceptors (Lipinski definition) is 3. The predicted octanol–water partition coefficient (Wildman–Crippen LogP) is 3.42. The fourth-order valence-corrected chi connectivity index (χ4v) is 2.14. The molecule has 0 saturated heterocycles. The first kappa shape index (κ1) is 13.4. The van der Waals surface area contributed by atoms with E-state index in [1.54, 1.807) is 43.5 Å². The van der Waals surface area contributed by atoms with E-state index in [0.29, 0.717) is 21.5 Å². The molecule has 4 nitrogen and oxygen atoms in total. The van der Waals surface area contributed by atoms with E-state index in [2.05, 4.69) is 21.2 Å². The van der Waals surface area contributed by atoms with Gasteiger partial charge in [0.2, 0.25) is 0 Å². The topological polar surface area (TPSA) is 58.6 Å². The Kier molecular flexibility index (Phi) is 4.06. The Hall–Kier alpha value is -2.01. The van der Waals surface area contributed by atoms with Gasteiger partial charge < -0.3 is 15.2 Å². The summed E-state index contributed by atoms with van der Waals surface area (Å²) >= 11 is 3.33. The van der Waals surface area contributed by atoms with Crippen molar-refractivity contribution in [2.45, 2.75) is 0 Å². The van der Waals surface area contributed by atoms with Crippen molar-refractivity contribution in [1.29, 1.82) is 0 Å². The Morgan fingerprint density at radius 3 is 2.68 bits per heavy atom. The lowest BCUT2D eigenvalue weighted by molar-refractivity contribution is 0.102. The van der Waals surface area contributed by atoms with E-state index in [1.807, 2.05) is 0 Å². The normalized spacial score (nSPS) is 10.0. The molecule has 0 aliphatic rings. The number of ether oxygens (including phenoxy) is 1. The van der Waals surface area contributed by atoms with Crippen LogP contribution < -0.4 is 10.1 Å². The van der Waals surface area contributed by atoms with Gasteiger partial charge in [-0.2, -0.15) is 0 Å². The lowest BCUT2D eigenvalue weighted by Crippen LogP contribution is -2.11. The summed E-state index contributed by atoms with van der Waals surface area (Å²) in [6.45, 7) is 0. The number of hydrogen-bond donors (Lipinski definition) is 2. The lowest BCUT2D eigenvalue weighted by Gasteiger charge is -2.08. The van der Waals surface area contributed by atoms with Crippen molar-refractivity contribution in [3.63, 3.8) is 0 Å². The van der Waals surface area contributed by atoms with E-state index in [0.717, 1.165) is 0 Å². The molecule has 0 saturated carbocycles. The molecular formula is C14H12BrNO3. The van der Waals surface area contributed by atoms with E-state index < -0.39 is 0 Å². The average molecular weight is 322 g/mol. The predicted molar refractivity (Wildman–Crippen MR) is 76.8 cm³/mol. The van der Waals surface area contributed by atoms with Crippen molar-refractivity contribution in [3.05, 3.63) is 52.5 Å². The summed E-state index contributed by atoms with van der Waals surface area (Å²) in [4.78, 5) is 12.0. The molecule has 0 atom stereocenters. The van der Waals surface area contributed by atoms with Crippen molar-refractivity contribution in [3.8, 4) is 11.5 Å². The standard InChI is InChI=1S/C14H12BrNO3/c1-19-13-6-5-9(7-12(13)15)14(18)16-10-3-2-4-11(17)8-10/h2-8,17H,1H3,(H,16,18).